The summed E-state index contributed by atoms with van der Waals surface area (Å²) < 4.78 is 28.2. The summed E-state index contributed by atoms with van der Waals surface area (Å²) in [6.07, 6.45) is 2.88. The SMILES string of the molecule is CN(C)c1cccc2c(S(=O)(=O)NC(Cc3c[nH]cn3)C(=O)O)cccc12. The van der Waals surface area contributed by atoms with Crippen LogP contribution < -0.4 is 9.62 Å². The van der Waals surface area contributed by atoms with Gasteiger partial charge >= 0.3 is 5.97 Å². The molecule has 0 saturated heterocycles. The van der Waals surface area contributed by atoms with Crippen molar-refractivity contribution < 1.29 is 18.3 Å². The van der Waals surface area contributed by atoms with Crippen molar-refractivity contribution in [3.8, 4) is 0 Å². The second kappa shape index (κ2) is 7.37. The van der Waals surface area contributed by atoms with Crippen LogP contribution in [-0.4, -0.2) is 49.6 Å². The second-order valence-corrected chi connectivity index (χ2v) is 7.98. The number of anilines is 1. The smallest absolute Gasteiger partial charge is 0.322 e. The summed E-state index contributed by atoms with van der Waals surface area (Å²) in [6, 6.07) is 9.00. The van der Waals surface area contributed by atoms with Gasteiger partial charge in [0.15, 0.2) is 0 Å². The van der Waals surface area contributed by atoms with Crippen molar-refractivity contribution in [1.29, 1.82) is 0 Å². The number of carbonyl (C=O) groups is 1. The number of sulfonamides is 1. The predicted molar refractivity (Wildman–Crippen MR) is 102 cm³/mol. The number of benzene rings is 2. The fraction of sp³-hybridized carbons (Fsp3) is 0.222. The molecule has 0 saturated carbocycles. The Morgan fingerprint density at radius 2 is 1.93 bits per heavy atom. The summed E-state index contributed by atoms with van der Waals surface area (Å²) >= 11 is 0. The molecule has 0 bridgehead atoms. The van der Waals surface area contributed by atoms with E-state index in [1.807, 2.05) is 31.1 Å². The number of carboxylic acid groups (broad SMARTS) is 1. The Kier molecular flexibility index (Phi) is 5.15. The van der Waals surface area contributed by atoms with Gasteiger partial charge in [-0.15, -0.1) is 0 Å². The molecule has 3 aromatic rings. The van der Waals surface area contributed by atoms with Gasteiger partial charge in [0, 0.05) is 43.2 Å². The fourth-order valence-electron chi connectivity index (χ4n) is 2.93. The molecule has 1 atom stereocenters. The first-order valence-corrected chi connectivity index (χ1v) is 9.70. The number of fused-ring (bicyclic) bond motifs is 1. The van der Waals surface area contributed by atoms with Crippen LogP contribution in [0.15, 0.2) is 53.8 Å². The van der Waals surface area contributed by atoms with Crippen molar-refractivity contribution in [3.63, 3.8) is 0 Å². The molecule has 9 heteroatoms. The molecule has 0 aliphatic carbocycles. The standard InChI is InChI=1S/C18H20N4O4S/c1-22(2)16-7-3-6-14-13(16)5-4-8-17(14)27(25,26)21-15(18(23)24)9-12-10-19-11-20-12/h3-8,10-11,15,21H,9H2,1-2H3,(H,19,20)(H,23,24). The zero-order valence-electron chi connectivity index (χ0n) is 14.9. The van der Waals surface area contributed by atoms with Crippen molar-refractivity contribution in [2.75, 3.05) is 19.0 Å². The number of hydrogen-bond donors (Lipinski definition) is 3. The van der Waals surface area contributed by atoms with Crippen molar-refractivity contribution in [2.24, 2.45) is 0 Å². The lowest BCUT2D eigenvalue weighted by Gasteiger charge is -2.18. The Morgan fingerprint density at radius 1 is 1.22 bits per heavy atom. The molecule has 3 rings (SSSR count). The van der Waals surface area contributed by atoms with Gasteiger partial charge in [0.25, 0.3) is 0 Å². The maximum atomic E-state index is 13.0. The second-order valence-electron chi connectivity index (χ2n) is 6.30. The summed E-state index contributed by atoms with van der Waals surface area (Å²) in [7, 11) is -0.317. The van der Waals surface area contributed by atoms with Crippen LogP contribution in [0.1, 0.15) is 5.69 Å². The first-order chi connectivity index (χ1) is 12.8. The minimum atomic E-state index is -4.06. The number of hydrogen-bond acceptors (Lipinski definition) is 5. The first kappa shape index (κ1) is 18.9. The number of rotatable bonds is 7. The van der Waals surface area contributed by atoms with E-state index in [1.54, 1.807) is 18.2 Å². The molecule has 0 spiro atoms. The van der Waals surface area contributed by atoms with Gasteiger partial charge in [-0.25, -0.2) is 13.4 Å². The summed E-state index contributed by atoms with van der Waals surface area (Å²) in [5.74, 6) is -1.27. The van der Waals surface area contributed by atoms with Crippen LogP contribution in [0.25, 0.3) is 10.8 Å². The lowest BCUT2D eigenvalue weighted by atomic mass is 10.1. The maximum Gasteiger partial charge on any atom is 0.322 e. The zero-order chi connectivity index (χ0) is 19.6. The van der Waals surface area contributed by atoms with Crippen LogP contribution in [0.3, 0.4) is 0 Å². The van der Waals surface area contributed by atoms with E-state index in [2.05, 4.69) is 14.7 Å². The lowest BCUT2D eigenvalue weighted by molar-refractivity contribution is -0.138. The van der Waals surface area contributed by atoms with Crippen LogP contribution in [0, 0.1) is 0 Å². The van der Waals surface area contributed by atoms with Crippen LogP contribution in [0.2, 0.25) is 0 Å². The normalized spacial score (nSPS) is 12.8. The quantitative estimate of drug-likeness (QED) is 0.566. The predicted octanol–water partition coefficient (Wildman–Crippen LogP) is 1.60. The molecule has 0 aliphatic rings. The molecule has 1 aromatic heterocycles. The molecule has 0 fully saturated rings. The molecule has 8 nitrogen and oxygen atoms in total. The van der Waals surface area contributed by atoms with Gasteiger partial charge in [-0.1, -0.05) is 24.3 Å². The molecule has 27 heavy (non-hydrogen) atoms. The highest BCUT2D eigenvalue weighted by Crippen LogP contribution is 2.30. The third kappa shape index (κ3) is 3.93. The molecule has 0 amide bonds. The highest BCUT2D eigenvalue weighted by Gasteiger charge is 2.27. The largest absolute Gasteiger partial charge is 0.480 e. The van der Waals surface area contributed by atoms with Gasteiger partial charge in [0.2, 0.25) is 10.0 Å². The number of imidazole rings is 1. The van der Waals surface area contributed by atoms with E-state index < -0.39 is 22.0 Å². The van der Waals surface area contributed by atoms with Gasteiger partial charge in [-0.3, -0.25) is 4.79 Å². The molecule has 1 unspecified atom stereocenters. The molecule has 0 aliphatic heterocycles. The van der Waals surface area contributed by atoms with E-state index in [9.17, 15) is 18.3 Å². The number of nitrogens with one attached hydrogen (secondary N) is 2. The molecule has 3 N–H and O–H groups in total. The number of aromatic nitrogens is 2. The Labute approximate surface area is 156 Å². The summed E-state index contributed by atoms with van der Waals surface area (Å²) in [5.41, 5.74) is 1.33. The average Bonchev–Trinajstić information content (AvgIpc) is 3.12. The van der Waals surface area contributed by atoms with E-state index in [0.29, 0.717) is 11.1 Å². The molecule has 0 radical (unpaired) electrons. The number of aliphatic carboxylic acids is 1. The Morgan fingerprint density at radius 3 is 2.56 bits per heavy atom. The Bertz CT molecular complexity index is 1060. The summed E-state index contributed by atoms with van der Waals surface area (Å²) in [6.45, 7) is 0. The van der Waals surface area contributed by atoms with E-state index in [-0.39, 0.29) is 11.3 Å². The van der Waals surface area contributed by atoms with Gasteiger partial charge in [0.1, 0.15) is 6.04 Å². The van der Waals surface area contributed by atoms with Crippen molar-refractivity contribution in [2.45, 2.75) is 17.4 Å². The summed E-state index contributed by atoms with van der Waals surface area (Å²) in [5, 5.41) is 10.7. The summed E-state index contributed by atoms with van der Waals surface area (Å²) in [4.78, 5) is 20.2. The van der Waals surface area contributed by atoms with Gasteiger partial charge in [-0.05, 0) is 12.1 Å². The fourth-order valence-corrected chi connectivity index (χ4v) is 4.34. The van der Waals surface area contributed by atoms with E-state index in [0.717, 1.165) is 11.1 Å². The number of aromatic amines is 1. The number of H-pyrrole nitrogens is 1. The molecular weight excluding hydrogens is 368 g/mol. The minimum absolute atomic E-state index is 0.0389. The average molecular weight is 388 g/mol. The third-order valence-electron chi connectivity index (χ3n) is 4.19. The van der Waals surface area contributed by atoms with Gasteiger partial charge < -0.3 is 15.0 Å². The minimum Gasteiger partial charge on any atom is -0.480 e. The Hall–Kier alpha value is -2.91. The highest BCUT2D eigenvalue weighted by molar-refractivity contribution is 7.89. The monoisotopic (exact) mass is 388 g/mol. The van der Waals surface area contributed by atoms with E-state index in [1.165, 1.54) is 18.6 Å². The van der Waals surface area contributed by atoms with Crippen LogP contribution in [0.5, 0.6) is 0 Å². The zero-order valence-corrected chi connectivity index (χ0v) is 15.7. The number of nitrogens with zero attached hydrogens (tertiary/aromatic N) is 2. The van der Waals surface area contributed by atoms with Gasteiger partial charge in [-0.2, -0.15) is 4.72 Å². The molecule has 2 aromatic carbocycles. The molecule has 1 heterocycles. The van der Waals surface area contributed by atoms with Crippen molar-refractivity contribution in [3.05, 3.63) is 54.6 Å². The lowest BCUT2D eigenvalue weighted by Crippen LogP contribution is -2.42. The van der Waals surface area contributed by atoms with E-state index in [4.69, 9.17) is 0 Å². The first-order valence-electron chi connectivity index (χ1n) is 8.21. The number of carboxylic acids is 1. The van der Waals surface area contributed by atoms with Crippen LogP contribution >= 0.6 is 0 Å². The van der Waals surface area contributed by atoms with Crippen LogP contribution in [0.4, 0.5) is 5.69 Å². The van der Waals surface area contributed by atoms with Crippen molar-refractivity contribution >= 4 is 32.5 Å². The van der Waals surface area contributed by atoms with Crippen LogP contribution in [-0.2, 0) is 21.2 Å². The highest BCUT2D eigenvalue weighted by atomic mass is 32.2. The third-order valence-corrected chi connectivity index (χ3v) is 5.72. The molecular formula is C18H20N4O4S. The molecule has 142 valence electrons. The van der Waals surface area contributed by atoms with Crippen molar-refractivity contribution in [1.82, 2.24) is 14.7 Å². The maximum absolute atomic E-state index is 13.0. The van der Waals surface area contributed by atoms with Gasteiger partial charge in [0.05, 0.1) is 16.9 Å². The van der Waals surface area contributed by atoms with E-state index >= 15 is 0 Å². The topological polar surface area (TPSA) is 115 Å². The Balaban J connectivity index is 2.01.